The average Bonchev–Trinajstić information content (AvgIpc) is 2.27. The highest BCUT2D eigenvalue weighted by molar-refractivity contribution is 5.80. The fraction of sp³-hybridized carbons (Fsp3) is 0.889. The molecule has 0 bridgehead atoms. The first-order chi connectivity index (χ1) is 6.69. The zero-order valence-corrected chi connectivity index (χ0v) is 8.95. The fourth-order valence-corrected chi connectivity index (χ4v) is 1.59. The van der Waals surface area contributed by atoms with Gasteiger partial charge >= 0.3 is 0 Å². The molecule has 0 aromatic heterocycles. The summed E-state index contributed by atoms with van der Waals surface area (Å²) >= 11 is 0. The Morgan fingerprint density at radius 3 is 2.79 bits per heavy atom. The van der Waals surface area contributed by atoms with Gasteiger partial charge in [0.15, 0.2) is 0 Å². The van der Waals surface area contributed by atoms with E-state index in [1.807, 2.05) is 0 Å². The predicted molar refractivity (Wildman–Crippen MR) is 51.6 cm³/mol. The Balaban J connectivity index is 2.47. The number of rotatable bonds is 3. The number of ether oxygens (including phenoxy) is 1. The molecular formula is C9H18N2O3. The van der Waals surface area contributed by atoms with Crippen LogP contribution in [-0.4, -0.2) is 50.9 Å². The fourth-order valence-electron chi connectivity index (χ4n) is 1.59. The van der Waals surface area contributed by atoms with Gasteiger partial charge in [-0.1, -0.05) is 0 Å². The number of hydroxylamine groups is 2. The van der Waals surface area contributed by atoms with Crippen molar-refractivity contribution in [1.82, 2.24) is 10.4 Å². The molecule has 5 nitrogen and oxygen atoms in total. The molecule has 1 saturated heterocycles. The van der Waals surface area contributed by atoms with Crippen LogP contribution in [0.25, 0.3) is 0 Å². The van der Waals surface area contributed by atoms with Crippen molar-refractivity contribution in [2.24, 2.45) is 0 Å². The van der Waals surface area contributed by atoms with E-state index in [2.05, 4.69) is 5.32 Å². The van der Waals surface area contributed by atoms with Crippen molar-refractivity contribution in [1.29, 1.82) is 0 Å². The number of hydrogen-bond acceptors (Lipinski definition) is 4. The van der Waals surface area contributed by atoms with Crippen molar-refractivity contribution in [2.45, 2.75) is 25.0 Å². The number of nitrogens with zero attached hydrogens (tertiary/aromatic N) is 1. The summed E-state index contributed by atoms with van der Waals surface area (Å²) in [6, 6.07) is -0.182. The van der Waals surface area contributed by atoms with Gasteiger partial charge in [0.25, 0.3) is 5.91 Å². The van der Waals surface area contributed by atoms with E-state index in [0.717, 1.165) is 13.0 Å². The van der Waals surface area contributed by atoms with Gasteiger partial charge in [0.05, 0.1) is 19.3 Å². The molecule has 1 rings (SSSR count). The van der Waals surface area contributed by atoms with Crippen LogP contribution < -0.4 is 5.32 Å². The van der Waals surface area contributed by atoms with Crippen molar-refractivity contribution < 1.29 is 14.4 Å². The van der Waals surface area contributed by atoms with E-state index in [9.17, 15) is 4.79 Å². The minimum Gasteiger partial charge on any atom is -0.381 e. The second kappa shape index (κ2) is 5.29. The first-order valence-electron chi connectivity index (χ1n) is 4.77. The summed E-state index contributed by atoms with van der Waals surface area (Å²) in [5.41, 5.74) is 0. The van der Waals surface area contributed by atoms with Crippen LogP contribution in [0.15, 0.2) is 0 Å². The molecule has 0 aromatic rings. The summed E-state index contributed by atoms with van der Waals surface area (Å²) < 4.78 is 5.23. The number of nitrogens with one attached hydrogen (secondary N) is 1. The maximum atomic E-state index is 11.7. The van der Waals surface area contributed by atoms with Gasteiger partial charge in [-0.25, -0.2) is 5.06 Å². The average molecular weight is 202 g/mol. The number of methoxy groups -OCH3 is 1. The van der Waals surface area contributed by atoms with E-state index >= 15 is 0 Å². The largest absolute Gasteiger partial charge is 0.381 e. The van der Waals surface area contributed by atoms with Crippen LogP contribution in [0.4, 0.5) is 0 Å². The second-order valence-electron chi connectivity index (χ2n) is 3.41. The minimum absolute atomic E-state index is 0.0470. The van der Waals surface area contributed by atoms with Crippen LogP contribution in [0, 0.1) is 0 Å². The second-order valence-corrected chi connectivity index (χ2v) is 3.41. The zero-order valence-electron chi connectivity index (χ0n) is 8.95. The highest BCUT2D eigenvalue weighted by atomic mass is 16.7. The van der Waals surface area contributed by atoms with Gasteiger partial charge in [-0.3, -0.25) is 9.63 Å². The smallest absolute Gasteiger partial charge is 0.263 e. The Morgan fingerprint density at radius 2 is 2.21 bits per heavy atom. The molecule has 2 unspecified atom stereocenters. The van der Waals surface area contributed by atoms with Crippen molar-refractivity contribution in [3.63, 3.8) is 0 Å². The summed E-state index contributed by atoms with van der Waals surface area (Å²) in [7, 11) is 4.77. The lowest BCUT2D eigenvalue weighted by Crippen LogP contribution is -2.50. The SMILES string of the molecule is COC1CCNC(C(=O)N(C)OC)C1. The first-order valence-corrected chi connectivity index (χ1v) is 4.77. The van der Waals surface area contributed by atoms with Gasteiger partial charge < -0.3 is 10.1 Å². The summed E-state index contributed by atoms with van der Waals surface area (Å²) in [4.78, 5) is 16.5. The molecule has 1 amide bonds. The van der Waals surface area contributed by atoms with E-state index in [1.54, 1.807) is 14.2 Å². The number of carbonyl (C=O) groups excluding carboxylic acids is 1. The molecule has 2 atom stereocenters. The maximum Gasteiger partial charge on any atom is 0.263 e. The number of piperidine rings is 1. The Morgan fingerprint density at radius 1 is 1.50 bits per heavy atom. The maximum absolute atomic E-state index is 11.7. The number of carbonyl (C=O) groups is 1. The van der Waals surface area contributed by atoms with E-state index < -0.39 is 0 Å². The molecule has 1 heterocycles. The molecular weight excluding hydrogens is 184 g/mol. The van der Waals surface area contributed by atoms with Gasteiger partial charge in [-0.05, 0) is 19.4 Å². The van der Waals surface area contributed by atoms with Crippen LogP contribution in [0.2, 0.25) is 0 Å². The zero-order chi connectivity index (χ0) is 10.6. The van der Waals surface area contributed by atoms with E-state index in [-0.39, 0.29) is 18.1 Å². The highest BCUT2D eigenvalue weighted by Crippen LogP contribution is 2.13. The normalized spacial score (nSPS) is 27.4. The molecule has 5 heteroatoms. The van der Waals surface area contributed by atoms with Crippen molar-refractivity contribution >= 4 is 5.91 Å². The molecule has 0 spiro atoms. The summed E-state index contributed by atoms with van der Waals surface area (Å²) in [5.74, 6) is -0.0470. The number of amides is 1. The molecule has 1 fully saturated rings. The third-order valence-corrected chi connectivity index (χ3v) is 2.57. The van der Waals surface area contributed by atoms with E-state index in [4.69, 9.17) is 9.57 Å². The van der Waals surface area contributed by atoms with Gasteiger partial charge in [0.1, 0.15) is 0 Å². The van der Waals surface area contributed by atoms with Crippen LogP contribution in [-0.2, 0) is 14.4 Å². The van der Waals surface area contributed by atoms with Crippen molar-refractivity contribution in [3.05, 3.63) is 0 Å². The Hall–Kier alpha value is -0.650. The quantitative estimate of drug-likeness (QED) is 0.642. The minimum atomic E-state index is -0.182. The Labute approximate surface area is 84.3 Å². The van der Waals surface area contributed by atoms with Gasteiger partial charge in [0.2, 0.25) is 0 Å². The summed E-state index contributed by atoms with van der Waals surface area (Å²) in [5, 5.41) is 4.39. The molecule has 82 valence electrons. The van der Waals surface area contributed by atoms with Crippen LogP contribution in [0.5, 0.6) is 0 Å². The lowest BCUT2D eigenvalue weighted by atomic mass is 10.0. The molecule has 0 radical (unpaired) electrons. The summed E-state index contributed by atoms with van der Waals surface area (Å²) in [6.45, 7) is 0.812. The van der Waals surface area contributed by atoms with Crippen molar-refractivity contribution in [3.8, 4) is 0 Å². The highest BCUT2D eigenvalue weighted by Gasteiger charge is 2.28. The van der Waals surface area contributed by atoms with E-state index in [0.29, 0.717) is 6.42 Å². The molecule has 14 heavy (non-hydrogen) atoms. The Bertz CT molecular complexity index is 198. The number of likely N-dealkylation sites (N-methyl/N-ethyl adjacent to an activating group) is 1. The lowest BCUT2D eigenvalue weighted by molar-refractivity contribution is -0.172. The molecule has 1 aliphatic heterocycles. The molecule has 1 aliphatic rings. The topological polar surface area (TPSA) is 50.8 Å². The van der Waals surface area contributed by atoms with E-state index in [1.165, 1.54) is 12.2 Å². The lowest BCUT2D eigenvalue weighted by Gasteiger charge is -2.30. The first kappa shape index (κ1) is 11.4. The van der Waals surface area contributed by atoms with Gasteiger partial charge in [-0.15, -0.1) is 0 Å². The van der Waals surface area contributed by atoms with Gasteiger partial charge in [0, 0.05) is 14.2 Å². The monoisotopic (exact) mass is 202 g/mol. The third kappa shape index (κ3) is 2.67. The molecule has 0 saturated carbocycles. The molecule has 0 aromatic carbocycles. The molecule has 1 N–H and O–H groups in total. The summed E-state index contributed by atoms with van der Waals surface area (Å²) in [6.07, 6.45) is 1.84. The van der Waals surface area contributed by atoms with Crippen LogP contribution >= 0.6 is 0 Å². The van der Waals surface area contributed by atoms with Gasteiger partial charge in [-0.2, -0.15) is 0 Å². The molecule has 0 aliphatic carbocycles. The number of hydrogen-bond donors (Lipinski definition) is 1. The van der Waals surface area contributed by atoms with Crippen LogP contribution in [0.1, 0.15) is 12.8 Å². The van der Waals surface area contributed by atoms with Crippen molar-refractivity contribution in [2.75, 3.05) is 27.8 Å². The third-order valence-electron chi connectivity index (χ3n) is 2.57. The van der Waals surface area contributed by atoms with Crippen LogP contribution in [0.3, 0.4) is 0 Å². The Kier molecular flexibility index (Phi) is 4.31. The predicted octanol–water partition coefficient (Wildman–Crippen LogP) is -0.227. The standard InChI is InChI=1S/C9H18N2O3/c1-11(14-3)9(12)8-6-7(13-2)4-5-10-8/h7-8,10H,4-6H2,1-3H3.